The van der Waals surface area contributed by atoms with E-state index in [1.165, 1.54) is 0 Å². The molecule has 0 aliphatic carbocycles. The summed E-state index contributed by atoms with van der Waals surface area (Å²) in [7, 11) is 0. The average molecular weight is 134 g/mol. The predicted molar refractivity (Wildman–Crippen MR) is 33.7 cm³/mol. The van der Waals surface area contributed by atoms with Gasteiger partial charge in [0.15, 0.2) is 0 Å². The van der Waals surface area contributed by atoms with Crippen LogP contribution in [0.3, 0.4) is 0 Å². The van der Waals surface area contributed by atoms with Gasteiger partial charge in [0.05, 0.1) is 0 Å². The van der Waals surface area contributed by atoms with Gasteiger partial charge >= 0.3 is 6.15 Å². The van der Waals surface area contributed by atoms with Crippen LogP contribution in [0.4, 0.5) is 0 Å². The van der Waals surface area contributed by atoms with Crippen LogP contribution in [0.1, 0.15) is 13.8 Å². The van der Waals surface area contributed by atoms with Gasteiger partial charge in [-0.3, -0.25) is 0 Å². The monoisotopic (exact) mass is 134 g/mol. The molecule has 0 aliphatic heterocycles. The van der Waals surface area contributed by atoms with Gasteiger partial charge in [0.25, 0.3) is 0 Å². The topological polar surface area (TPSA) is 34.1 Å². The van der Waals surface area contributed by atoms with Gasteiger partial charge in [-0.05, 0) is 11.5 Å². The van der Waals surface area contributed by atoms with Crippen molar-refractivity contribution in [2.75, 3.05) is 6.26 Å². The fourth-order valence-corrected chi connectivity index (χ4v) is 0. The first-order chi connectivity index (χ1) is 3.68. The summed E-state index contributed by atoms with van der Waals surface area (Å²) < 4.78 is 0. The number of hydrogen-bond donors (Lipinski definition) is 0. The summed E-state index contributed by atoms with van der Waals surface area (Å²) in [5.74, 6) is 0. The van der Waals surface area contributed by atoms with E-state index in [2.05, 4.69) is 20.1 Å². The number of carbonyl (C=O) groups excluding carboxylic acids is 2. The van der Waals surface area contributed by atoms with Crippen LogP contribution in [0, 0.1) is 0 Å². The second-order valence-corrected chi connectivity index (χ2v) is 2.78. The second kappa shape index (κ2) is 9.88. The number of hydrogen-bond acceptors (Lipinski definition) is 3. The molecule has 0 aromatic carbocycles. The quantitative estimate of drug-likeness (QED) is 0.540. The Labute approximate surface area is 53.7 Å². The molecule has 48 valence electrons. The molecule has 0 aromatic rings. The molecule has 3 heteroatoms. The summed E-state index contributed by atoms with van der Waals surface area (Å²) in [6, 6.07) is 0. The number of rotatable bonds is 1. The van der Waals surface area contributed by atoms with Gasteiger partial charge in [0, 0.05) is 0 Å². The van der Waals surface area contributed by atoms with Crippen LogP contribution in [0.15, 0.2) is 0 Å². The highest BCUT2D eigenvalue weighted by Crippen LogP contribution is 2.00. The van der Waals surface area contributed by atoms with Crippen molar-refractivity contribution >= 4 is 17.9 Å². The maximum absolute atomic E-state index is 8.12. The minimum Gasteiger partial charge on any atom is -0.186 e. The first-order valence-electron chi connectivity index (χ1n) is 2.21. The first-order valence-corrected chi connectivity index (χ1v) is 3.49. The average Bonchev–Trinajstić information content (AvgIpc) is 1.69. The second-order valence-electron chi connectivity index (χ2n) is 1.37. The zero-order valence-electron chi connectivity index (χ0n) is 5.30. The molecular formula is C5H10O2S. The zero-order valence-corrected chi connectivity index (χ0v) is 6.12. The van der Waals surface area contributed by atoms with Crippen molar-refractivity contribution in [1.29, 1.82) is 0 Å². The van der Waals surface area contributed by atoms with Gasteiger partial charge in [0.2, 0.25) is 0 Å². The first kappa shape index (κ1) is 10.7. The van der Waals surface area contributed by atoms with Crippen LogP contribution in [-0.2, 0) is 9.59 Å². The lowest BCUT2D eigenvalue weighted by molar-refractivity contribution is -0.191. The molecule has 0 saturated heterocycles. The van der Waals surface area contributed by atoms with E-state index in [0.29, 0.717) is 0 Å². The van der Waals surface area contributed by atoms with E-state index < -0.39 is 0 Å². The third-order valence-corrected chi connectivity index (χ3v) is 1.41. The summed E-state index contributed by atoms with van der Waals surface area (Å²) in [4.78, 5) is 16.2. The molecule has 0 atom stereocenters. The van der Waals surface area contributed by atoms with Crippen molar-refractivity contribution in [3.8, 4) is 0 Å². The highest BCUT2D eigenvalue weighted by atomic mass is 32.2. The van der Waals surface area contributed by atoms with Crippen molar-refractivity contribution < 1.29 is 9.59 Å². The van der Waals surface area contributed by atoms with Crippen LogP contribution >= 0.6 is 11.8 Å². The molecule has 0 aliphatic rings. The van der Waals surface area contributed by atoms with Crippen molar-refractivity contribution in [3.05, 3.63) is 0 Å². The van der Waals surface area contributed by atoms with Gasteiger partial charge in [-0.2, -0.15) is 21.4 Å². The van der Waals surface area contributed by atoms with Gasteiger partial charge in [-0.1, -0.05) is 13.8 Å². The van der Waals surface area contributed by atoms with Crippen LogP contribution in [0.2, 0.25) is 0 Å². The summed E-state index contributed by atoms with van der Waals surface area (Å²) in [5, 5.41) is 0.801. The highest BCUT2D eigenvalue weighted by Gasteiger charge is 1.80. The number of thioether (sulfide) groups is 1. The lowest BCUT2D eigenvalue weighted by atomic mass is 10.6. The Hall–Kier alpha value is -0.270. The van der Waals surface area contributed by atoms with Crippen molar-refractivity contribution in [3.63, 3.8) is 0 Å². The Kier molecular flexibility index (Phi) is 13.2. The largest absolute Gasteiger partial charge is 0.373 e. The fraction of sp³-hybridized carbons (Fsp3) is 0.800. The summed E-state index contributed by atoms with van der Waals surface area (Å²) >= 11 is 1.88. The normalized spacial score (nSPS) is 7.00. The van der Waals surface area contributed by atoms with E-state index in [1.54, 1.807) is 0 Å². The molecular weight excluding hydrogens is 124 g/mol. The van der Waals surface area contributed by atoms with Crippen molar-refractivity contribution in [2.24, 2.45) is 0 Å². The standard InChI is InChI=1S/C4H10S.CO2/c1-4(2)5-3;2-1-3/h4H,1-3H3;. The maximum atomic E-state index is 8.12. The smallest absolute Gasteiger partial charge is 0.186 e. The minimum atomic E-state index is 0.250. The van der Waals surface area contributed by atoms with E-state index in [9.17, 15) is 0 Å². The third-order valence-electron chi connectivity index (χ3n) is 0.471. The Morgan fingerprint density at radius 1 is 1.38 bits per heavy atom. The molecule has 8 heavy (non-hydrogen) atoms. The van der Waals surface area contributed by atoms with Gasteiger partial charge in [-0.25, -0.2) is 0 Å². The fourth-order valence-electron chi connectivity index (χ4n) is 0. The van der Waals surface area contributed by atoms with Crippen LogP contribution in [0.5, 0.6) is 0 Å². The van der Waals surface area contributed by atoms with E-state index >= 15 is 0 Å². The Balaban J connectivity index is 0. The molecule has 0 radical (unpaired) electrons. The van der Waals surface area contributed by atoms with E-state index in [1.807, 2.05) is 11.8 Å². The summed E-state index contributed by atoms with van der Waals surface area (Å²) in [6.45, 7) is 4.37. The summed E-state index contributed by atoms with van der Waals surface area (Å²) in [6.07, 6.45) is 2.37. The molecule has 0 N–H and O–H groups in total. The molecule has 0 heterocycles. The Morgan fingerprint density at radius 2 is 1.50 bits per heavy atom. The lowest BCUT2D eigenvalue weighted by Gasteiger charge is -1.90. The van der Waals surface area contributed by atoms with Crippen molar-refractivity contribution in [1.82, 2.24) is 0 Å². The molecule has 0 amide bonds. The van der Waals surface area contributed by atoms with Crippen molar-refractivity contribution in [2.45, 2.75) is 19.1 Å². The van der Waals surface area contributed by atoms with Gasteiger partial charge < -0.3 is 0 Å². The Morgan fingerprint density at radius 3 is 1.50 bits per heavy atom. The molecule has 2 nitrogen and oxygen atoms in total. The molecule has 0 saturated carbocycles. The van der Waals surface area contributed by atoms with Gasteiger partial charge in [-0.15, -0.1) is 0 Å². The third kappa shape index (κ3) is 42.8. The minimum absolute atomic E-state index is 0.250. The highest BCUT2D eigenvalue weighted by molar-refractivity contribution is 7.99. The van der Waals surface area contributed by atoms with Crippen LogP contribution in [0.25, 0.3) is 0 Å². The zero-order chi connectivity index (χ0) is 6.99. The van der Waals surface area contributed by atoms with Crippen LogP contribution < -0.4 is 0 Å². The molecule has 0 aromatic heterocycles. The molecule has 0 rings (SSSR count). The van der Waals surface area contributed by atoms with E-state index in [0.717, 1.165) is 5.25 Å². The predicted octanol–water partition coefficient (Wildman–Crippen LogP) is 1.17. The Bertz CT molecular complexity index is 64.8. The molecule has 0 bridgehead atoms. The maximum Gasteiger partial charge on any atom is 0.373 e. The van der Waals surface area contributed by atoms with Gasteiger partial charge in [0.1, 0.15) is 0 Å². The van der Waals surface area contributed by atoms with Crippen LogP contribution in [-0.4, -0.2) is 17.7 Å². The molecule has 0 spiro atoms. The molecule has 0 fully saturated rings. The van der Waals surface area contributed by atoms with E-state index in [-0.39, 0.29) is 6.15 Å². The lowest BCUT2D eigenvalue weighted by Crippen LogP contribution is -1.79. The van der Waals surface area contributed by atoms with E-state index in [4.69, 9.17) is 9.59 Å². The SMILES string of the molecule is CSC(C)C.O=C=O. The summed E-state index contributed by atoms with van der Waals surface area (Å²) in [5.41, 5.74) is 0. The molecule has 0 unspecified atom stereocenters.